The molecule has 0 spiro atoms. The van der Waals surface area contributed by atoms with Gasteiger partial charge in [-0.1, -0.05) is 0 Å². The molecule has 1 aromatic heterocycles. The molecule has 1 heterocycles. The molecule has 0 aliphatic heterocycles. The molecule has 0 saturated carbocycles. The molecule has 0 aromatic carbocycles. The van der Waals surface area contributed by atoms with Crippen LogP contribution in [0.3, 0.4) is 0 Å². The van der Waals surface area contributed by atoms with Gasteiger partial charge in [0.2, 0.25) is 0 Å². The number of hydrogen-bond donors (Lipinski definition) is 1. The van der Waals surface area contributed by atoms with E-state index in [9.17, 15) is 4.79 Å². The number of hydrogen-bond acceptors (Lipinski definition) is 2. The molecule has 0 unspecified atom stereocenters. The zero-order valence-electron chi connectivity index (χ0n) is 24.7. The molecule has 0 fully saturated rings. The summed E-state index contributed by atoms with van der Waals surface area (Å²) in [4.78, 5) is 9.81. The molecule has 3 nitrogen and oxygen atoms in total. The normalized spacial score (nSPS) is 4.53. The number of nitrogens with one attached hydrogen (secondary N) is 1. The third kappa shape index (κ3) is 33.7. The van der Waals surface area contributed by atoms with Crippen molar-refractivity contribution < 1.29 is 4.79 Å². The van der Waals surface area contributed by atoms with Gasteiger partial charge in [0.25, 0.3) is 0 Å². The van der Waals surface area contributed by atoms with Crippen LogP contribution in [-0.2, 0) is 0 Å². The van der Waals surface area contributed by atoms with Crippen LogP contribution < -0.4 is 0 Å². The molecular weight excluding hydrogens is 597 g/mol. The summed E-state index contributed by atoms with van der Waals surface area (Å²) in [6.07, 6.45) is 13.6. The van der Waals surface area contributed by atoms with Crippen molar-refractivity contribution in [1.82, 2.24) is 10.2 Å². The highest BCUT2D eigenvalue weighted by atomic mass is 16.1. The number of aromatic amines is 1. The smallest absolute Gasteiger partial charge is 0.153 e. The van der Waals surface area contributed by atoms with Crippen molar-refractivity contribution in [1.29, 1.82) is 0 Å². The first-order valence-electron chi connectivity index (χ1n) is 12.2. The van der Waals surface area contributed by atoms with Crippen molar-refractivity contribution in [3.8, 4) is 250 Å². The van der Waals surface area contributed by atoms with Gasteiger partial charge in [-0.25, -0.2) is 0 Å². The second-order valence-electron chi connectivity index (χ2n) is 6.19. The van der Waals surface area contributed by atoms with E-state index in [2.05, 4.69) is 247 Å². The summed E-state index contributed by atoms with van der Waals surface area (Å²) in [5.41, 5.74) is 0.583. The average Bonchev–Trinajstić information content (AvgIpc) is 3.66. The van der Waals surface area contributed by atoms with E-state index < -0.39 is 0 Å². The number of aromatic nitrogens is 2. The quantitative estimate of drug-likeness (QED) is 0.377. The van der Waals surface area contributed by atoms with E-state index in [1.54, 1.807) is 0 Å². The largest absolute Gasteiger partial charge is 0.298 e. The van der Waals surface area contributed by atoms with Crippen LogP contribution >= 0.6 is 0 Å². The molecule has 1 aromatic rings. The van der Waals surface area contributed by atoms with Crippen LogP contribution in [-0.4, -0.2) is 16.5 Å². The van der Waals surface area contributed by atoms with Crippen LogP contribution in [0.15, 0.2) is 12.4 Å². The van der Waals surface area contributed by atoms with Crippen molar-refractivity contribution in [2.75, 3.05) is 0 Å². The zero-order chi connectivity index (χ0) is 35.4. The topological polar surface area (TPSA) is 45.8 Å². The van der Waals surface area contributed by atoms with Gasteiger partial charge in [-0.05, 0) is 94.7 Å². The van der Waals surface area contributed by atoms with Crippen molar-refractivity contribution >= 4 is 6.29 Å². The van der Waals surface area contributed by atoms with Crippen LogP contribution in [0.1, 0.15) is 10.4 Å². The van der Waals surface area contributed by atoms with Crippen LogP contribution in [0.2, 0.25) is 0 Å². The fraction of sp³-hybridized carbons (Fsp3) is 0. The predicted octanol–water partition coefficient (Wildman–Crippen LogP) is 0.540. The Bertz CT molecular complexity index is 2620. The monoisotopic (exact) mass is 602 g/mol. The predicted molar refractivity (Wildman–Crippen MR) is 189 cm³/mol. The van der Waals surface area contributed by atoms with Gasteiger partial charge in [0.05, 0.1) is 11.8 Å². The first kappa shape index (κ1) is 38.6. The fourth-order valence-corrected chi connectivity index (χ4v) is 1.52. The minimum Gasteiger partial charge on any atom is -0.298 e. The SMILES string of the molecule is C#CC#CC#CC#CC#CC#CC#CC#CC#CC#CC#CC#CC#CC#CC#CC#CC#CC#CC#CC#CC#C.O=Cc1cn[nH]c1. The lowest BCUT2D eigenvalue weighted by Gasteiger charge is -1.63. The molecular formula is C46H6N2O. The Morgan fingerprint density at radius 1 is 0.367 bits per heavy atom. The Morgan fingerprint density at radius 3 is 0.653 bits per heavy atom. The minimum absolute atomic E-state index is 0.583. The van der Waals surface area contributed by atoms with E-state index >= 15 is 0 Å². The van der Waals surface area contributed by atoms with Gasteiger partial charge in [-0.3, -0.25) is 9.89 Å². The number of carbonyl (C=O) groups excluding carboxylic acids is 1. The van der Waals surface area contributed by atoms with Gasteiger partial charge in [0.1, 0.15) is 0 Å². The third-order valence-electron chi connectivity index (χ3n) is 3.11. The molecule has 206 valence electrons. The summed E-state index contributed by atoms with van der Waals surface area (Å²) in [6, 6.07) is 0. The van der Waals surface area contributed by atoms with Crippen molar-refractivity contribution in [3.63, 3.8) is 0 Å². The summed E-state index contributed by atoms with van der Waals surface area (Å²) >= 11 is 0. The standard InChI is InChI=1S/C42H2.C4H4N2O/c1-3-5-7-9-11-13-15-17-19-21-23-25-27-29-31-33-35-37-39-41-42-40-38-36-34-32-30-28-26-24-22-20-18-16-14-12-10-8-6-4-2;7-3-4-1-5-6-2-4/h1-2H;1-3H,(H,5,6). The molecule has 49 heavy (non-hydrogen) atoms. The van der Waals surface area contributed by atoms with E-state index in [0.717, 1.165) is 6.29 Å². The number of H-pyrrole nitrogens is 1. The Balaban J connectivity index is 0.00000289. The number of aldehydes is 1. The molecule has 0 aliphatic rings. The maximum atomic E-state index is 9.81. The molecule has 0 aliphatic carbocycles. The zero-order valence-corrected chi connectivity index (χ0v) is 24.7. The maximum absolute atomic E-state index is 9.81. The maximum Gasteiger partial charge on any atom is 0.153 e. The highest BCUT2D eigenvalue weighted by Crippen LogP contribution is 1.83. The Labute approximate surface area is 288 Å². The van der Waals surface area contributed by atoms with Gasteiger partial charge in [0.15, 0.2) is 6.29 Å². The van der Waals surface area contributed by atoms with Crippen LogP contribution in [0.5, 0.6) is 0 Å². The van der Waals surface area contributed by atoms with Crippen molar-refractivity contribution in [2.24, 2.45) is 0 Å². The van der Waals surface area contributed by atoms with Crippen LogP contribution in [0.4, 0.5) is 0 Å². The second kappa shape index (κ2) is 35.7. The number of rotatable bonds is 1. The van der Waals surface area contributed by atoms with Crippen molar-refractivity contribution in [2.45, 2.75) is 0 Å². The number of nitrogens with zero attached hydrogens (tertiary/aromatic N) is 1. The molecule has 3 heteroatoms. The number of carbonyl (C=O) groups is 1. The third-order valence-corrected chi connectivity index (χ3v) is 3.11. The van der Waals surface area contributed by atoms with Crippen LogP contribution in [0, 0.1) is 250 Å². The van der Waals surface area contributed by atoms with E-state index in [4.69, 9.17) is 12.8 Å². The van der Waals surface area contributed by atoms with Gasteiger partial charge in [-0.15, -0.1) is 12.8 Å². The van der Waals surface area contributed by atoms with E-state index in [1.807, 2.05) is 0 Å². The fourth-order valence-electron chi connectivity index (χ4n) is 1.52. The van der Waals surface area contributed by atoms with E-state index in [-0.39, 0.29) is 0 Å². The lowest BCUT2D eigenvalue weighted by Crippen LogP contribution is -1.66. The Hall–Kier alpha value is -10.4. The molecule has 0 amide bonds. The first-order valence-corrected chi connectivity index (χ1v) is 12.2. The van der Waals surface area contributed by atoms with Crippen LogP contribution in [0.25, 0.3) is 0 Å². The second-order valence-corrected chi connectivity index (χ2v) is 6.19. The van der Waals surface area contributed by atoms with E-state index in [0.29, 0.717) is 5.56 Å². The van der Waals surface area contributed by atoms with Gasteiger partial charge in [0, 0.05) is 148 Å². The lowest BCUT2D eigenvalue weighted by molar-refractivity contribution is 0.112. The van der Waals surface area contributed by atoms with Crippen molar-refractivity contribution in [3.05, 3.63) is 18.0 Å². The van der Waals surface area contributed by atoms with Gasteiger partial charge in [-0.2, -0.15) is 5.10 Å². The lowest BCUT2D eigenvalue weighted by atomic mass is 10.4. The molecule has 1 rings (SSSR count). The number of terminal acetylenes is 2. The Morgan fingerprint density at radius 2 is 0.551 bits per heavy atom. The molecule has 0 atom stereocenters. The molecule has 0 saturated heterocycles. The highest BCUT2D eigenvalue weighted by molar-refractivity contribution is 5.73. The minimum atomic E-state index is 0.583. The van der Waals surface area contributed by atoms with Gasteiger partial charge >= 0.3 is 0 Å². The van der Waals surface area contributed by atoms with E-state index in [1.165, 1.54) is 12.4 Å². The molecule has 0 radical (unpaired) electrons. The molecule has 0 bridgehead atoms. The average molecular weight is 603 g/mol. The summed E-state index contributed by atoms with van der Waals surface area (Å²) in [5, 5.41) is 6.04. The summed E-state index contributed by atoms with van der Waals surface area (Å²) in [7, 11) is 0. The first-order chi connectivity index (χ1) is 24.3. The summed E-state index contributed by atoms with van der Waals surface area (Å²) in [6.45, 7) is 0. The van der Waals surface area contributed by atoms with Gasteiger partial charge < -0.3 is 0 Å². The summed E-state index contributed by atoms with van der Waals surface area (Å²) < 4.78 is 0. The molecule has 1 N–H and O–H groups in total. The highest BCUT2D eigenvalue weighted by Gasteiger charge is 1.83. The Kier molecular flexibility index (Phi) is 28.1. The summed E-state index contributed by atoms with van der Waals surface area (Å²) in [5.74, 6) is 98.1.